The molecule has 0 aromatic heterocycles. The largest absolute Gasteiger partial charge is 0.480 e. The summed E-state index contributed by atoms with van der Waals surface area (Å²) in [6.45, 7) is 2.73. The molecule has 0 radical (unpaired) electrons. The Morgan fingerprint density at radius 2 is 1.76 bits per heavy atom. The Kier molecular flexibility index (Phi) is 6.98. The van der Waals surface area contributed by atoms with Gasteiger partial charge < -0.3 is 21.5 Å². The molecule has 7 heteroatoms. The highest BCUT2D eigenvalue weighted by Gasteiger charge is 2.23. The number of nitrogens with one attached hydrogen (secondary N) is 2. The molecule has 1 aliphatic rings. The van der Waals surface area contributed by atoms with E-state index in [2.05, 4.69) is 17.6 Å². The molecular formula is C14H25N3O4. The van der Waals surface area contributed by atoms with Crippen LogP contribution in [0.2, 0.25) is 0 Å². The highest BCUT2D eigenvalue weighted by molar-refractivity contribution is 5.87. The number of nitrogens with two attached hydrogens (primary N) is 1. The number of carboxylic acid groups (broad SMARTS) is 1. The lowest BCUT2D eigenvalue weighted by molar-refractivity contribution is -0.140. The van der Waals surface area contributed by atoms with E-state index in [4.69, 9.17) is 10.8 Å². The molecule has 0 unspecified atom stereocenters. The highest BCUT2D eigenvalue weighted by atomic mass is 16.4. The molecule has 7 nitrogen and oxygen atoms in total. The lowest BCUT2D eigenvalue weighted by Gasteiger charge is -2.28. The summed E-state index contributed by atoms with van der Waals surface area (Å²) in [5, 5.41) is 13.8. The number of carbonyl (C=O) groups excluding carboxylic acids is 2. The van der Waals surface area contributed by atoms with E-state index in [1.54, 1.807) is 0 Å². The van der Waals surface area contributed by atoms with Crippen molar-refractivity contribution < 1.29 is 19.5 Å². The molecule has 3 amide bonds. The van der Waals surface area contributed by atoms with E-state index in [1.807, 2.05) is 0 Å². The smallest absolute Gasteiger partial charge is 0.326 e. The minimum Gasteiger partial charge on any atom is -0.480 e. The Hall–Kier alpha value is -1.79. The van der Waals surface area contributed by atoms with Crippen molar-refractivity contribution in [1.29, 1.82) is 0 Å². The van der Waals surface area contributed by atoms with E-state index in [9.17, 15) is 14.4 Å². The lowest BCUT2D eigenvalue weighted by Crippen LogP contribution is -2.48. The van der Waals surface area contributed by atoms with E-state index in [-0.39, 0.29) is 0 Å². The van der Waals surface area contributed by atoms with Gasteiger partial charge in [-0.05, 0) is 24.7 Å². The zero-order valence-corrected chi connectivity index (χ0v) is 12.4. The molecule has 0 spiro atoms. The van der Waals surface area contributed by atoms with Gasteiger partial charge in [0.25, 0.3) is 0 Å². The van der Waals surface area contributed by atoms with Crippen LogP contribution in [0.15, 0.2) is 0 Å². The topological polar surface area (TPSA) is 122 Å². The van der Waals surface area contributed by atoms with Crippen molar-refractivity contribution in [3.8, 4) is 0 Å². The zero-order valence-electron chi connectivity index (χ0n) is 12.4. The third-order valence-corrected chi connectivity index (χ3v) is 4.10. The number of hydrogen-bond donors (Lipinski definition) is 4. The molecule has 0 heterocycles. The average Bonchev–Trinajstić information content (AvgIpc) is 2.44. The van der Waals surface area contributed by atoms with Gasteiger partial charge in [0.1, 0.15) is 6.04 Å². The standard InChI is InChI=1S/C14H25N3O4/c1-2-9-3-5-10(6-4-9)8-16-14(21)17-11(13(19)20)7-12(15)18/h9-11H,2-8H2,1H3,(H2,15,18)(H,19,20)(H2,16,17,21)/t9?,10?,11-/m0/s1. The Morgan fingerprint density at radius 1 is 1.19 bits per heavy atom. The van der Waals surface area contributed by atoms with Gasteiger partial charge in [0.2, 0.25) is 5.91 Å². The van der Waals surface area contributed by atoms with Gasteiger partial charge in [-0.25, -0.2) is 9.59 Å². The number of amides is 3. The minimum absolute atomic E-state index is 0.412. The van der Waals surface area contributed by atoms with Gasteiger partial charge in [-0.1, -0.05) is 26.2 Å². The van der Waals surface area contributed by atoms with Crippen LogP contribution >= 0.6 is 0 Å². The maximum Gasteiger partial charge on any atom is 0.326 e. The van der Waals surface area contributed by atoms with Crippen LogP contribution in [0.3, 0.4) is 0 Å². The molecule has 0 aromatic rings. The molecule has 1 atom stereocenters. The van der Waals surface area contributed by atoms with E-state index < -0.39 is 30.4 Å². The lowest BCUT2D eigenvalue weighted by atomic mass is 9.81. The van der Waals surface area contributed by atoms with Crippen molar-refractivity contribution in [2.24, 2.45) is 17.6 Å². The van der Waals surface area contributed by atoms with E-state index in [0.717, 1.165) is 18.8 Å². The molecule has 1 rings (SSSR count). The first-order valence-corrected chi connectivity index (χ1v) is 7.47. The first-order valence-electron chi connectivity index (χ1n) is 7.47. The fraction of sp³-hybridized carbons (Fsp3) is 0.786. The van der Waals surface area contributed by atoms with Crippen LogP contribution in [0.4, 0.5) is 4.79 Å². The summed E-state index contributed by atoms with van der Waals surface area (Å²) in [6.07, 6.45) is 5.33. The van der Waals surface area contributed by atoms with Crippen LogP contribution in [0.25, 0.3) is 0 Å². The monoisotopic (exact) mass is 299 g/mol. The van der Waals surface area contributed by atoms with Crippen molar-refractivity contribution in [1.82, 2.24) is 10.6 Å². The molecule has 1 saturated carbocycles. The molecule has 120 valence electrons. The molecule has 1 aliphatic carbocycles. The molecule has 0 aliphatic heterocycles. The summed E-state index contributed by atoms with van der Waals surface area (Å²) in [6, 6.07) is -1.85. The number of urea groups is 1. The summed E-state index contributed by atoms with van der Waals surface area (Å²) in [4.78, 5) is 33.3. The van der Waals surface area contributed by atoms with Gasteiger partial charge >= 0.3 is 12.0 Å². The van der Waals surface area contributed by atoms with Crippen LogP contribution in [0, 0.1) is 11.8 Å². The maximum absolute atomic E-state index is 11.7. The Labute approximate surface area is 124 Å². The zero-order chi connectivity index (χ0) is 15.8. The quantitative estimate of drug-likeness (QED) is 0.556. The van der Waals surface area contributed by atoms with E-state index in [0.29, 0.717) is 12.5 Å². The molecular weight excluding hydrogens is 274 g/mol. The number of rotatable bonds is 7. The average molecular weight is 299 g/mol. The summed E-state index contributed by atoms with van der Waals surface area (Å²) in [5.74, 6) is -0.798. The SMILES string of the molecule is CCC1CCC(CNC(=O)N[C@@H](CC(N)=O)C(=O)O)CC1. The van der Waals surface area contributed by atoms with Crippen LogP contribution in [0.5, 0.6) is 0 Å². The van der Waals surface area contributed by atoms with Gasteiger partial charge in [0.05, 0.1) is 6.42 Å². The molecule has 1 fully saturated rings. The predicted octanol–water partition coefficient (Wildman–Crippen LogP) is 0.831. The molecule has 5 N–H and O–H groups in total. The van der Waals surface area contributed by atoms with Crippen molar-refractivity contribution in [2.45, 2.75) is 51.5 Å². The second-order valence-electron chi connectivity index (χ2n) is 5.71. The molecule has 0 saturated heterocycles. The van der Waals surface area contributed by atoms with E-state index >= 15 is 0 Å². The third kappa shape index (κ3) is 6.46. The Balaban J connectivity index is 2.30. The van der Waals surface area contributed by atoms with Crippen LogP contribution in [0.1, 0.15) is 45.4 Å². The highest BCUT2D eigenvalue weighted by Crippen LogP contribution is 2.29. The predicted molar refractivity (Wildman–Crippen MR) is 77.5 cm³/mol. The normalized spacial score (nSPS) is 23.1. The maximum atomic E-state index is 11.7. The number of primary amides is 1. The van der Waals surface area contributed by atoms with Crippen LogP contribution in [-0.4, -0.2) is 35.6 Å². The van der Waals surface area contributed by atoms with Gasteiger partial charge in [0, 0.05) is 6.54 Å². The first kappa shape index (κ1) is 17.3. The summed E-state index contributed by atoms with van der Waals surface area (Å²) >= 11 is 0. The van der Waals surface area contributed by atoms with Crippen molar-refractivity contribution in [3.63, 3.8) is 0 Å². The van der Waals surface area contributed by atoms with E-state index in [1.165, 1.54) is 19.3 Å². The van der Waals surface area contributed by atoms with Crippen molar-refractivity contribution >= 4 is 17.9 Å². The number of carboxylic acids is 1. The molecule has 0 bridgehead atoms. The third-order valence-electron chi connectivity index (χ3n) is 4.10. The second kappa shape index (κ2) is 8.49. The van der Waals surface area contributed by atoms with Crippen LogP contribution < -0.4 is 16.4 Å². The van der Waals surface area contributed by atoms with Gasteiger partial charge in [0.15, 0.2) is 0 Å². The first-order chi connectivity index (χ1) is 9.92. The van der Waals surface area contributed by atoms with Gasteiger partial charge in [-0.2, -0.15) is 0 Å². The van der Waals surface area contributed by atoms with Gasteiger partial charge in [-0.3, -0.25) is 4.79 Å². The number of carbonyl (C=O) groups is 3. The molecule has 21 heavy (non-hydrogen) atoms. The fourth-order valence-corrected chi connectivity index (χ4v) is 2.69. The fourth-order valence-electron chi connectivity index (χ4n) is 2.69. The van der Waals surface area contributed by atoms with Crippen molar-refractivity contribution in [2.75, 3.05) is 6.54 Å². The minimum atomic E-state index is -1.28. The summed E-state index contributed by atoms with van der Waals surface area (Å²) < 4.78 is 0. The second-order valence-corrected chi connectivity index (χ2v) is 5.71. The van der Waals surface area contributed by atoms with Crippen molar-refractivity contribution in [3.05, 3.63) is 0 Å². The number of hydrogen-bond acceptors (Lipinski definition) is 3. The Morgan fingerprint density at radius 3 is 2.24 bits per heavy atom. The van der Waals surface area contributed by atoms with Gasteiger partial charge in [-0.15, -0.1) is 0 Å². The summed E-state index contributed by atoms with van der Waals surface area (Å²) in [5.41, 5.74) is 4.95. The van der Waals surface area contributed by atoms with Crippen LogP contribution in [-0.2, 0) is 9.59 Å². The summed E-state index contributed by atoms with van der Waals surface area (Å²) in [7, 11) is 0. The molecule has 0 aromatic carbocycles. The Bertz CT molecular complexity index is 378. The number of aliphatic carboxylic acids is 1.